The molecule has 0 saturated heterocycles. The van der Waals surface area contributed by atoms with Crippen LogP contribution in [0.4, 0.5) is 11.4 Å². The summed E-state index contributed by atoms with van der Waals surface area (Å²) in [4.78, 5) is 34.7. The lowest BCUT2D eigenvalue weighted by atomic mass is 10.1. The summed E-state index contributed by atoms with van der Waals surface area (Å²) in [7, 11) is 0. The number of carbonyl (C=O) groups excluding carboxylic acids is 1. The van der Waals surface area contributed by atoms with Gasteiger partial charge in [0.05, 0.1) is 15.9 Å². The Morgan fingerprint density at radius 2 is 1.57 bits per heavy atom. The lowest BCUT2D eigenvalue weighted by molar-refractivity contribution is -0.394. The molecule has 0 aliphatic heterocycles. The summed E-state index contributed by atoms with van der Waals surface area (Å²) in [6, 6.07) is 3.10. The van der Waals surface area contributed by atoms with Gasteiger partial charge in [0.25, 0.3) is 17.3 Å². The first-order chi connectivity index (χ1) is 10.6. The Bertz CT molecular complexity index is 603. The molecule has 0 saturated carbocycles. The van der Waals surface area contributed by atoms with Crippen LogP contribution in [0.1, 0.15) is 38.1 Å². The third-order valence-corrected chi connectivity index (χ3v) is 3.08. The molecule has 0 heterocycles. The molecule has 0 unspecified atom stereocenters. The summed E-state index contributed by atoms with van der Waals surface area (Å²) in [6.07, 6.45) is 0. The molecule has 1 aromatic carbocycles. The van der Waals surface area contributed by atoms with Crippen LogP contribution in [0.15, 0.2) is 18.2 Å². The van der Waals surface area contributed by atoms with E-state index in [-0.39, 0.29) is 17.4 Å². The van der Waals surface area contributed by atoms with Crippen molar-refractivity contribution in [3.8, 4) is 0 Å². The maximum absolute atomic E-state index is 12.7. The summed E-state index contributed by atoms with van der Waals surface area (Å²) in [5.41, 5.74) is -1.07. The van der Waals surface area contributed by atoms with E-state index in [0.717, 1.165) is 18.2 Å². The Balaban J connectivity index is 3.27. The molecular formula is C15H21N3O5. The van der Waals surface area contributed by atoms with E-state index in [0.29, 0.717) is 13.1 Å². The molecule has 0 atom stereocenters. The molecule has 8 nitrogen and oxygen atoms in total. The van der Waals surface area contributed by atoms with Crippen LogP contribution in [-0.4, -0.2) is 33.7 Å². The van der Waals surface area contributed by atoms with Gasteiger partial charge in [0.15, 0.2) is 0 Å². The smallest absolute Gasteiger partial charge is 0.289 e. The van der Waals surface area contributed by atoms with Crippen LogP contribution in [0.25, 0.3) is 0 Å². The van der Waals surface area contributed by atoms with Crippen LogP contribution in [0.3, 0.4) is 0 Å². The first-order valence-corrected chi connectivity index (χ1v) is 7.35. The predicted molar refractivity (Wildman–Crippen MR) is 85.3 cm³/mol. The normalized spacial score (nSPS) is 10.9. The second-order valence-corrected chi connectivity index (χ2v) is 6.21. The number of rotatable bonds is 7. The lowest BCUT2D eigenvalue weighted by Crippen LogP contribution is -2.37. The molecule has 0 aliphatic carbocycles. The number of nitrogens with zero attached hydrogens (tertiary/aromatic N) is 3. The van der Waals surface area contributed by atoms with Gasteiger partial charge in [0.2, 0.25) is 0 Å². The van der Waals surface area contributed by atoms with Crippen molar-refractivity contribution in [1.82, 2.24) is 4.90 Å². The van der Waals surface area contributed by atoms with Gasteiger partial charge >= 0.3 is 0 Å². The SMILES string of the molecule is CC(C)CN(CC(C)C)C(=O)c1ccc([N+](=O)[O-])cc1[N+](=O)[O-]. The van der Waals surface area contributed by atoms with Crippen LogP contribution < -0.4 is 0 Å². The fourth-order valence-corrected chi connectivity index (χ4v) is 2.26. The Hall–Kier alpha value is -2.51. The highest BCUT2D eigenvalue weighted by atomic mass is 16.6. The zero-order valence-electron chi connectivity index (χ0n) is 13.7. The topological polar surface area (TPSA) is 107 Å². The molecule has 8 heteroatoms. The Morgan fingerprint density at radius 3 is 1.96 bits per heavy atom. The van der Waals surface area contributed by atoms with Crippen LogP contribution >= 0.6 is 0 Å². The number of benzene rings is 1. The number of nitro groups is 2. The van der Waals surface area contributed by atoms with Crippen LogP contribution in [-0.2, 0) is 0 Å². The number of hydrogen-bond donors (Lipinski definition) is 0. The largest absolute Gasteiger partial charge is 0.338 e. The van der Waals surface area contributed by atoms with E-state index in [9.17, 15) is 25.0 Å². The minimum atomic E-state index is -0.761. The molecule has 0 radical (unpaired) electrons. The monoisotopic (exact) mass is 323 g/mol. The van der Waals surface area contributed by atoms with Crippen molar-refractivity contribution < 1.29 is 14.6 Å². The highest BCUT2D eigenvalue weighted by Crippen LogP contribution is 2.26. The van der Waals surface area contributed by atoms with E-state index in [4.69, 9.17) is 0 Å². The highest BCUT2D eigenvalue weighted by molar-refractivity contribution is 5.98. The maximum Gasteiger partial charge on any atom is 0.289 e. The molecular weight excluding hydrogens is 302 g/mol. The van der Waals surface area contributed by atoms with Crippen molar-refractivity contribution in [2.24, 2.45) is 11.8 Å². The average Bonchev–Trinajstić information content (AvgIpc) is 2.43. The average molecular weight is 323 g/mol. The van der Waals surface area contributed by atoms with Crippen molar-refractivity contribution in [3.63, 3.8) is 0 Å². The number of nitro benzene ring substituents is 2. The summed E-state index contributed by atoms with van der Waals surface area (Å²) in [5.74, 6) is -0.0707. The third-order valence-electron chi connectivity index (χ3n) is 3.08. The Morgan fingerprint density at radius 1 is 1.04 bits per heavy atom. The number of hydrogen-bond acceptors (Lipinski definition) is 5. The Kier molecular flexibility index (Phi) is 6.18. The first-order valence-electron chi connectivity index (χ1n) is 7.35. The maximum atomic E-state index is 12.7. The first kappa shape index (κ1) is 18.5. The molecule has 126 valence electrons. The van der Waals surface area contributed by atoms with E-state index >= 15 is 0 Å². The molecule has 1 amide bonds. The molecule has 0 N–H and O–H groups in total. The number of non-ortho nitro benzene ring substituents is 1. The van der Waals surface area contributed by atoms with Gasteiger partial charge in [-0.2, -0.15) is 0 Å². The summed E-state index contributed by atoms with van der Waals surface area (Å²) < 4.78 is 0. The summed E-state index contributed by atoms with van der Waals surface area (Å²) in [5, 5.41) is 21.9. The molecule has 0 fully saturated rings. The van der Waals surface area contributed by atoms with Crippen molar-refractivity contribution in [2.45, 2.75) is 27.7 Å². The molecule has 23 heavy (non-hydrogen) atoms. The standard InChI is InChI=1S/C15H21N3O5/c1-10(2)8-16(9-11(3)4)15(19)13-6-5-12(17(20)21)7-14(13)18(22)23/h5-7,10-11H,8-9H2,1-4H3. The molecule has 0 aromatic heterocycles. The third kappa shape index (κ3) is 5.01. The van der Waals surface area contributed by atoms with E-state index in [2.05, 4.69) is 0 Å². The quantitative estimate of drug-likeness (QED) is 0.565. The van der Waals surface area contributed by atoms with Crippen LogP contribution in [0.5, 0.6) is 0 Å². The highest BCUT2D eigenvalue weighted by Gasteiger charge is 2.28. The van der Waals surface area contributed by atoms with E-state index < -0.39 is 27.1 Å². The van der Waals surface area contributed by atoms with Gasteiger partial charge in [-0.05, 0) is 17.9 Å². The van der Waals surface area contributed by atoms with Crippen molar-refractivity contribution in [3.05, 3.63) is 44.0 Å². The van der Waals surface area contributed by atoms with E-state index in [1.807, 2.05) is 27.7 Å². The van der Waals surface area contributed by atoms with Crippen molar-refractivity contribution >= 4 is 17.3 Å². The van der Waals surface area contributed by atoms with Gasteiger partial charge in [-0.1, -0.05) is 27.7 Å². The van der Waals surface area contributed by atoms with Gasteiger partial charge < -0.3 is 4.90 Å². The molecule has 1 rings (SSSR count). The summed E-state index contributed by atoms with van der Waals surface area (Å²) in [6.45, 7) is 8.72. The predicted octanol–water partition coefficient (Wildman–Crippen LogP) is 3.26. The number of carbonyl (C=O) groups is 1. The fraction of sp³-hybridized carbons (Fsp3) is 0.533. The fourth-order valence-electron chi connectivity index (χ4n) is 2.26. The van der Waals surface area contributed by atoms with Crippen LogP contribution in [0.2, 0.25) is 0 Å². The Labute approximate surface area is 134 Å². The van der Waals surface area contributed by atoms with E-state index in [1.54, 1.807) is 4.90 Å². The molecule has 0 aliphatic rings. The van der Waals surface area contributed by atoms with Gasteiger partial charge in [0.1, 0.15) is 5.56 Å². The second-order valence-electron chi connectivity index (χ2n) is 6.21. The van der Waals surface area contributed by atoms with Crippen molar-refractivity contribution in [2.75, 3.05) is 13.1 Å². The number of amides is 1. The minimum Gasteiger partial charge on any atom is -0.338 e. The van der Waals surface area contributed by atoms with Gasteiger partial charge in [0, 0.05) is 19.2 Å². The van der Waals surface area contributed by atoms with Crippen LogP contribution in [0, 0.1) is 32.1 Å². The lowest BCUT2D eigenvalue weighted by Gasteiger charge is -2.26. The molecule has 1 aromatic rings. The van der Waals surface area contributed by atoms with Gasteiger partial charge in [-0.15, -0.1) is 0 Å². The molecule has 0 spiro atoms. The van der Waals surface area contributed by atoms with E-state index in [1.165, 1.54) is 0 Å². The summed E-state index contributed by atoms with van der Waals surface area (Å²) >= 11 is 0. The second kappa shape index (κ2) is 7.66. The van der Waals surface area contributed by atoms with Gasteiger partial charge in [-0.3, -0.25) is 25.0 Å². The minimum absolute atomic E-state index is 0.123. The molecule has 0 bridgehead atoms. The zero-order valence-corrected chi connectivity index (χ0v) is 13.7. The zero-order chi connectivity index (χ0) is 17.7. The van der Waals surface area contributed by atoms with Crippen molar-refractivity contribution in [1.29, 1.82) is 0 Å². The van der Waals surface area contributed by atoms with Gasteiger partial charge in [-0.25, -0.2) is 0 Å².